The number of anilines is 1. The molecule has 1 aliphatic heterocycles. The second-order valence-electron chi connectivity index (χ2n) is 4.92. The van der Waals surface area contributed by atoms with Crippen molar-refractivity contribution in [3.05, 3.63) is 28.8 Å². The number of primary amides is 1. The maximum absolute atomic E-state index is 11.1. The van der Waals surface area contributed by atoms with Crippen molar-refractivity contribution in [3.63, 3.8) is 0 Å². The average Bonchev–Trinajstić information content (AvgIpc) is 2.45. The van der Waals surface area contributed by atoms with Gasteiger partial charge >= 0.3 is 5.97 Å². The number of rotatable bonds is 5. The molecule has 1 fully saturated rings. The zero-order valence-corrected chi connectivity index (χ0v) is 12.2. The molecular weight excluding hydrogens is 296 g/mol. The number of piperidine rings is 1. The molecule has 0 unspecified atom stereocenters. The summed E-state index contributed by atoms with van der Waals surface area (Å²) < 4.78 is 5.29. The van der Waals surface area contributed by atoms with Crippen LogP contribution in [0.2, 0.25) is 5.02 Å². The van der Waals surface area contributed by atoms with Crippen LogP contribution in [0.25, 0.3) is 0 Å². The minimum absolute atomic E-state index is 0.0407. The van der Waals surface area contributed by atoms with Gasteiger partial charge in [-0.15, -0.1) is 0 Å². The van der Waals surface area contributed by atoms with Gasteiger partial charge in [0.1, 0.15) is 6.61 Å². The summed E-state index contributed by atoms with van der Waals surface area (Å²) in [5, 5.41) is 9.07. The van der Waals surface area contributed by atoms with Crippen molar-refractivity contribution in [3.8, 4) is 0 Å². The first kappa shape index (κ1) is 15.6. The number of hydrogen-bond donors (Lipinski definition) is 2. The summed E-state index contributed by atoms with van der Waals surface area (Å²) in [5.74, 6) is -1.47. The molecule has 1 saturated heterocycles. The molecule has 7 heteroatoms. The van der Waals surface area contributed by atoms with Crippen LogP contribution in [0, 0.1) is 0 Å². The number of hydrogen-bond acceptors (Lipinski definition) is 4. The molecule has 114 valence electrons. The van der Waals surface area contributed by atoms with Crippen LogP contribution in [0.3, 0.4) is 0 Å². The van der Waals surface area contributed by atoms with Crippen molar-refractivity contribution in [2.24, 2.45) is 5.73 Å². The van der Waals surface area contributed by atoms with E-state index in [4.69, 9.17) is 27.2 Å². The predicted octanol–water partition coefficient (Wildman–Crippen LogP) is 1.51. The van der Waals surface area contributed by atoms with Gasteiger partial charge in [-0.05, 0) is 31.0 Å². The van der Waals surface area contributed by atoms with Gasteiger partial charge in [-0.3, -0.25) is 4.79 Å². The predicted molar refractivity (Wildman–Crippen MR) is 78.8 cm³/mol. The Bertz CT molecular complexity index is 542. The Morgan fingerprint density at radius 3 is 2.57 bits per heavy atom. The molecule has 1 aliphatic rings. The molecule has 0 radical (unpaired) electrons. The molecule has 3 N–H and O–H groups in total. The van der Waals surface area contributed by atoms with Crippen LogP contribution in [0.4, 0.5) is 5.69 Å². The normalized spacial score (nSPS) is 16.0. The first-order valence-electron chi connectivity index (χ1n) is 6.65. The summed E-state index contributed by atoms with van der Waals surface area (Å²) in [4.78, 5) is 23.7. The highest BCUT2D eigenvalue weighted by Gasteiger charge is 2.22. The molecule has 6 nitrogen and oxygen atoms in total. The summed E-state index contributed by atoms with van der Waals surface area (Å²) in [6.07, 6.45) is 1.43. The van der Waals surface area contributed by atoms with Gasteiger partial charge in [0, 0.05) is 18.7 Å². The standard InChI is InChI=1S/C14H17ClN2O4/c15-11-7-9(14(16)20)1-2-12(11)17-5-3-10(4-6-17)21-8-13(18)19/h1-2,7,10H,3-6,8H2,(H2,16,20)(H,18,19). The van der Waals surface area contributed by atoms with E-state index >= 15 is 0 Å². The fourth-order valence-corrected chi connectivity index (χ4v) is 2.67. The molecule has 21 heavy (non-hydrogen) atoms. The number of benzene rings is 1. The molecule has 0 spiro atoms. The van der Waals surface area contributed by atoms with Crippen molar-refractivity contribution >= 4 is 29.2 Å². The van der Waals surface area contributed by atoms with E-state index in [1.54, 1.807) is 18.2 Å². The molecular formula is C14H17ClN2O4. The van der Waals surface area contributed by atoms with Crippen LogP contribution >= 0.6 is 11.6 Å². The van der Waals surface area contributed by atoms with Crippen molar-refractivity contribution in [1.29, 1.82) is 0 Å². The van der Waals surface area contributed by atoms with Gasteiger partial charge in [0.25, 0.3) is 0 Å². The third kappa shape index (κ3) is 4.09. The molecule has 0 aliphatic carbocycles. The van der Waals surface area contributed by atoms with Crippen LogP contribution in [-0.4, -0.2) is 42.8 Å². The number of aliphatic carboxylic acids is 1. The zero-order valence-electron chi connectivity index (χ0n) is 11.4. The summed E-state index contributed by atoms with van der Waals surface area (Å²) in [5.41, 5.74) is 6.44. The van der Waals surface area contributed by atoms with Crippen molar-refractivity contribution in [2.45, 2.75) is 18.9 Å². The first-order chi connectivity index (χ1) is 9.97. The molecule has 2 rings (SSSR count). The van der Waals surface area contributed by atoms with E-state index < -0.39 is 11.9 Å². The van der Waals surface area contributed by atoms with E-state index in [0.717, 1.165) is 31.6 Å². The van der Waals surface area contributed by atoms with Gasteiger partial charge in [-0.25, -0.2) is 4.79 Å². The van der Waals surface area contributed by atoms with E-state index in [1.165, 1.54) is 0 Å². The summed E-state index contributed by atoms with van der Waals surface area (Å²) in [6.45, 7) is 1.18. The Morgan fingerprint density at radius 1 is 1.38 bits per heavy atom. The summed E-state index contributed by atoms with van der Waals surface area (Å²) in [6, 6.07) is 4.99. The monoisotopic (exact) mass is 312 g/mol. The second kappa shape index (κ2) is 6.78. The van der Waals surface area contributed by atoms with E-state index in [-0.39, 0.29) is 12.7 Å². The van der Waals surface area contributed by atoms with E-state index in [1.807, 2.05) is 0 Å². The van der Waals surface area contributed by atoms with Crippen LogP contribution in [-0.2, 0) is 9.53 Å². The number of carbonyl (C=O) groups is 2. The maximum atomic E-state index is 11.1. The Kier molecular flexibility index (Phi) is 5.03. The Balaban J connectivity index is 1.96. The highest BCUT2D eigenvalue weighted by Crippen LogP contribution is 2.29. The quantitative estimate of drug-likeness (QED) is 0.859. The Labute approximate surface area is 127 Å². The number of halogens is 1. The fraction of sp³-hybridized carbons (Fsp3) is 0.429. The first-order valence-corrected chi connectivity index (χ1v) is 7.03. The molecule has 0 bridgehead atoms. The molecule has 1 amide bonds. The Hall–Kier alpha value is -1.79. The van der Waals surface area contributed by atoms with Gasteiger partial charge in [0.2, 0.25) is 5.91 Å². The third-order valence-corrected chi connectivity index (χ3v) is 3.76. The highest BCUT2D eigenvalue weighted by molar-refractivity contribution is 6.33. The lowest BCUT2D eigenvalue weighted by molar-refractivity contribution is -0.144. The summed E-state index contributed by atoms with van der Waals surface area (Å²) >= 11 is 6.19. The minimum atomic E-state index is -0.956. The fourth-order valence-electron chi connectivity index (χ4n) is 2.37. The topological polar surface area (TPSA) is 92.9 Å². The molecule has 1 aromatic carbocycles. The molecule has 0 aromatic heterocycles. The van der Waals surface area contributed by atoms with Gasteiger partial charge in [-0.1, -0.05) is 11.6 Å². The maximum Gasteiger partial charge on any atom is 0.329 e. The minimum Gasteiger partial charge on any atom is -0.480 e. The van der Waals surface area contributed by atoms with Gasteiger partial charge in [0.15, 0.2) is 0 Å². The SMILES string of the molecule is NC(=O)c1ccc(N2CCC(OCC(=O)O)CC2)c(Cl)c1. The molecule has 1 aromatic rings. The van der Waals surface area contributed by atoms with Gasteiger partial charge in [0.05, 0.1) is 16.8 Å². The van der Waals surface area contributed by atoms with Gasteiger partial charge < -0.3 is 20.5 Å². The average molecular weight is 313 g/mol. The smallest absolute Gasteiger partial charge is 0.329 e. The number of amides is 1. The second-order valence-corrected chi connectivity index (χ2v) is 5.33. The lowest BCUT2D eigenvalue weighted by atomic mass is 10.1. The van der Waals surface area contributed by atoms with Crippen molar-refractivity contribution < 1.29 is 19.4 Å². The van der Waals surface area contributed by atoms with Crippen LogP contribution in [0.1, 0.15) is 23.2 Å². The van der Waals surface area contributed by atoms with E-state index in [2.05, 4.69) is 4.90 Å². The van der Waals surface area contributed by atoms with Crippen molar-refractivity contribution in [2.75, 3.05) is 24.6 Å². The number of carboxylic acid groups (broad SMARTS) is 1. The number of carboxylic acids is 1. The number of carbonyl (C=O) groups excluding carboxylic acids is 1. The van der Waals surface area contributed by atoms with E-state index in [9.17, 15) is 9.59 Å². The Morgan fingerprint density at radius 2 is 2.05 bits per heavy atom. The number of ether oxygens (including phenoxy) is 1. The third-order valence-electron chi connectivity index (χ3n) is 3.46. The van der Waals surface area contributed by atoms with Crippen LogP contribution in [0.5, 0.6) is 0 Å². The van der Waals surface area contributed by atoms with Crippen LogP contribution < -0.4 is 10.6 Å². The lowest BCUT2D eigenvalue weighted by Gasteiger charge is -2.33. The molecule has 0 saturated carbocycles. The molecule has 1 heterocycles. The van der Waals surface area contributed by atoms with Gasteiger partial charge in [-0.2, -0.15) is 0 Å². The zero-order chi connectivity index (χ0) is 15.4. The van der Waals surface area contributed by atoms with E-state index in [0.29, 0.717) is 10.6 Å². The number of nitrogens with two attached hydrogens (primary N) is 1. The summed E-state index contributed by atoms with van der Waals surface area (Å²) in [7, 11) is 0. The number of nitrogens with zero attached hydrogens (tertiary/aromatic N) is 1. The lowest BCUT2D eigenvalue weighted by Crippen LogP contribution is -2.37. The molecule has 0 atom stereocenters. The van der Waals surface area contributed by atoms with Crippen LogP contribution in [0.15, 0.2) is 18.2 Å². The highest BCUT2D eigenvalue weighted by atomic mass is 35.5. The van der Waals surface area contributed by atoms with Crippen molar-refractivity contribution in [1.82, 2.24) is 0 Å². The largest absolute Gasteiger partial charge is 0.480 e.